The second-order valence-corrected chi connectivity index (χ2v) is 8.85. The third kappa shape index (κ3) is 2.57. The van der Waals surface area contributed by atoms with Gasteiger partial charge in [0.2, 0.25) is 11.8 Å². The van der Waals surface area contributed by atoms with Gasteiger partial charge < -0.3 is 10.2 Å². The maximum Gasteiger partial charge on any atom is 0.230 e. The lowest BCUT2D eigenvalue weighted by Crippen LogP contribution is -2.51. The molecule has 2 amide bonds. The van der Waals surface area contributed by atoms with E-state index in [2.05, 4.69) is 5.32 Å². The van der Waals surface area contributed by atoms with Crippen molar-refractivity contribution in [3.05, 3.63) is 24.3 Å². The number of anilines is 2. The van der Waals surface area contributed by atoms with Crippen molar-refractivity contribution < 1.29 is 9.59 Å². The molecule has 1 saturated heterocycles. The average Bonchev–Trinajstić information content (AvgIpc) is 3.00. The van der Waals surface area contributed by atoms with Crippen molar-refractivity contribution in [1.29, 1.82) is 0 Å². The van der Waals surface area contributed by atoms with Gasteiger partial charge in [-0.1, -0.05) is 6.07 Å². The minimum absolute atomic E-state index is 0.131. The van der Waals surface area contributed by atoms with Gasteiger partial charge in [-0.3, -0.25) is 9.59 Å². The minimum atomic E-state index is -0.131. The van der Waals surface area contributed by atoms with E-state index < -0.39 is 0 Å². The lowest BCUT2D eigenvalue weighted by Gasteiger charge is -2.55. The highest BCUT2D eigenvalue weighted by atomic mass is 16.2. The molecule has 5 aliphatic rings. The number of benzene rings is 1. The first-order valence-electron chi connectivity index (χ1n) is 9.83. The number of carbonyl (C=O) groups excluding carboxylic acids is 2. The molecule has 1 aliphatic heterocycles. The molecule has 25 heavy (non-hydrogen) atoms. The average molecular weight is 338 g/mol. The Labute approximate surface area is 149 Å². The van der Waals surface area contributed by atoms with Gasteiger partial charge in [-0.15, -0.1) is 0 Å². The Morgan fingerprint density at radius 3 is 2.36 bits per heavy atom. The van der Waals surface area contributed by atoms with Crippen molar-refractivity contribution in [2.75, 3.05) is 16.8 Å². The van der Waals surface area contributed by atoms with Crippen molar-refractivity contribution in [2.24, 2.45) is 23.2 Å². The fourth-order valence-electron chi connectivity index (χ4n) is 6.33. The zero-order chi connectivity index (χ0) is 17.0. The Kier molecular flexibility index (Phi) is 3.44. The molecule has 0 spiro atoms. The van der Waals surface area contributed by atoms with E-state index in [0.29, 0.717) is 6.42 Å². The summed E-state index contributed by atoms with van der Waals surface area (Å²) in [4.78, 5) is 27.0. The summed E-state index contributed by atoms with van der Waals surface area (Å²) in [5.41, 5.74) is 1.61. The fourth-order valence-corrected chi connectivity index (χ4v) is 6.33. The number of nitrogens with one attached hydrogen (secondary N) is 1. The molecule has 1 heterocycles. The molecule has 0 atom stereocenters. The van der Waals surface area contributed by atoms with Crippen molar-refractivity contribution in [3.8, 4) is 0 Å². The molecular formula is C21H26N2O2. The number of hydrogen-bond donors (Lipinski definition) is 1. The Morgan fingerprint density at radius 1 is 1.08 bits per heavy atom. The third-order valence-electron chi connectivity index (χ3n) is 7.01. The Bertz CT molecular complexity index is 691. The molecule has 0 radical (unpaired) electrons. The number of rotatable bonds is 3. The lowest BCUT2D eigenvalue weighted by atomic mass is 9.49. The molecule has 4 heteroatoms. The van der Waals surface area contributed by atoms with E-state index in [1.165, 1.54) is 19.3 Å². The lowest BCUT2D eigenvalue weighted by molar-refractivity contribution is -0.140. The number of carbonyl (C=O) groups is 2. The molecule has 1 aromatic carbocycles. The van der Waals surface area contributed by atoms with Crippen molar-refractivity contribution in [2.45, 2.75) is 51.4 Å². The van der Waals surface area contributed by atoms with Crippen LogP contribution < -0.4 is 10.2 Å². The summed E-state index contributed by atoms with van der Waals surface area (Å²) in [6, 6.07) is 7.81. The van der Waals surface area contributed by atoms with Gasteiger partial charge in [0.15, 0.2) is 0 Å². The van der Waals surface area contributed by atoms with Crippen LogP contribution in [0.3, 0.4) is 0 Å². The van der Waals surface area contributed by atoms with Crippen LogP contribution in [0, 0.1) is 23.2 Å². The molecule has 4 saturated carbocycles. The molecule has 1 N–H and O–H groups in total. The molecule has 0 aromatic heterocycles. The molecule has 4 nitrogen and oxygen atoms in total. The van der Waals surface area contributed by atoms with Gasteiger partial charge in [0.05, 0.1) is 5.41 Å². The summed E-state index contributed by atoms with van der Waals surface area (Å²) in [5, 5.41) is 3.20. The zero-order valence-electron chi connectivity index (χ0n) is 14.7. The van der Waals surface area contributed by atoms with Crippen LogP contribution in [0.15, 0.2) is 24.3 Å². The normalized spacial score (nSPS) is 36.1. The predicted molar refractivity (Wildman–Crippen MR) is 97.3 cm³/mol. The second-order valence-electron chi connectivity index (χ2n) is 8.85. The highest BCUT2D eigenvalue weighted by Gasteiger charge is 2.54. The molecule has 5 fully saturated rings. The van der Waals surface area contributed by atoms with Crippen LogP contribution in [-0.4, -0.2) is 18.4 Å². The fraction of sp³-hybridized carbons (Fsp3) is 0.619. The van der Waals surface area contributed by atoms with E-state index >= 15 is 0 Å². The van der Waals surface area contributed by atoms with E-state index in [0.717, 1.165) is 61.4 Å². The molecule has 4 bridgehead atoms. The summed E-state index contributed by atoms with van der Waals surface area (Å²) in [6.07, 6.45) is 8.82. The quantitative estimate of drug-likeness (QED) is 0.906. The van der Waals surface area contributed by atoms with Crippen LogP contribution in [0.25, 0.3) is 0 Å². The maximum absolute atomic E-state index is 13.2. The molecule has 132 valence electrons. The van der Waals surface area contributed by atoms with Gasteiger partial charge in [-0.05, 0) is 80.9 Å². The smallest absolute Gasteiger partial charge is 0.230 e. The van der Waals surface area contributed by atoms with Gasteiger partial charge in [0.25, 0.3) is 0 Å². The molecular weight excluding hydrogens is 312 g/mol. The van der Waals surface area contributed by atoms with Gasteiger partial charge in [0, 0.05) is 24.3 Å². The van der Waals surface area contributed by atoms with Gasteiger partial charge in [-0.25, -0.2) is 0 Å². The first-order chi connectivity index (χ1) is 12.1. The van der Waals surface area contributed by atoms with E-state index in [1.54, 1.807) is 0 Å². The van der Waals surface area contributed by atoms with Crippen molar-refractivity contribution in [3.63, 3.8) is 0 Å². The summed E-state index contributed by atoms with van der Waals surface area (Å²) < 4.78 is 0. The SMILES string of the molecule is O=C1CCCN1c1cccc(NC(=O)C23CC4CC(CC(C4)C2)C3)c1. The van der Waals surface area contributed by atoms with Gasteiger partial charge >= 0.3 is 0 Å². The van der Waals surface area contributed by atoms with Gasteiger partial charge in [-0.2, -0.15) is 0 Å². The summed E-state index contributed by atoms with van der Waals surface area (Å²) in [6.45, 7) is 0.783. The zero-order valence-corrected chi connectivity index (χ0v) is 14.7. The standard InChI is InChI=1S/C21H26N2O2/c24-19-5-2-6-23(19)18-4-1-3-17(10-18)22-20(25)21-11-14-7-15(12-21)9-16(8-14)13-21/h1,3-4,10,14-16H,2,5-9,11-13H2,(H,22,25). The number of nitrogens with zero attached hydrogens (tertiary/aromatic N) is 1. The Hall–Kier alpha value is -1.84. The van der Waals surface area contributed by atoms with Crippen LogP contribution in [0.2, 0.25) is 0 Å². The van der Waals surface area contributed by atoms with Crippen LogP contribution >= 0.6 is 0 Å². The highest BCUT2D eigenvalue weighted by Crippen LogP contribution is 2.60. The summed E-state index contributed by atoms with van der Waals surface area (Å²) in [5.74, 6) is 2.71. The van der Waals surface area contributed by atoms with E-state index in [1.807, 2.05) is 29.2 Å². The Morgan fingerprint density at radius 2 is 1.76 bits per heavy atom. The van der Waals surface area contributed by atoms with E-state index in [-0.39, 0.29) is 17.2 Å². The maximum atomic E-state index is 13.2. The van der Waals surface area contributed by atoms with Gasteiger partial charge in [0.1, 0.15) is 0 Å². The minimum Gasteiger partial charge on any atom is -0.326 e. The summed E-state index contributed by atoms with van der Waals surface area (Å²) in [7, 11) is 0. The monoisotopic (exact) mass is 338 g/mol. The first kappa shape index (κ1) is 15.4. The van der Waals surface area contributed by atoms with Crippen LogP contribution in [0.1, 0.15) is 51.4 Å². The topological polar surface area (TPSA) is 49.4 Å². The molecule has 6 rings (SSSR count). The molecule has 1 aromatic rings. The van der Waals surface area contributed by atoms with E-state index in [9.17, 15) is 9.59 Å². The summed E-state index contributed by atoms with van der Waals surface area (Å²) >= 11 is 0. The third-order valence-corrected chi connectivity index (χ3v) is 7.01. The second kappa shape index (κ2) is 5.58. The van der Waals surface area contributed by atoms with Crippen LogP contribution in [-0.2, 0) is 9.59 Å². The largest absolute Gasteiger partial charge is 0.326 e. The number of hydrogen-bond acceptors (Lipinski definition) is 2. The number of amides is 2. The van der Waals surface area contributed by atoms with Crippen molar-refractivity contribution >= 4 is 23.2 Å². The van der Waals surface area contributed by atoms with E-state index in [4.69, 9.17) is 0 Å². The van der Waals surface area contributed by atoms with Crippen LogP contribution in [0.5, 0.6) is 0 Å². The Balaban J connectivity index is 1.35. The van der Waals surface area contributed by atoms with Crippen molar-refractivity contribution in [1.82, 2.24) is 0 Å². The molecule has 0 unspecified atom stereocenters. The predicted octanol–water partition coefficient (Wildman–Crippen LogP) is 3.97. The first-order valence-corrected chi connectivity index (χ1v) is 9.83. The molecule has 4 aliphatic carbocycles. The van der Waals surface area contributed by atoms with Crippen LogP contribution in [0.4, 0.5) is 11.4 Å². The highest BCUT2D eigenvalue weighted by molar-refractivity contribution is 5.98.